The Labute approximate surface area is 166 Å². The first-order valence-corrected chi connectivity index (χ1v) is 9.68. The minimum atomic E-state index is -0.351. The van der Waals surface area contributed by atoms with E-state index in [1.165, 1.54) is 11.3 Å². The molecule has 2 aromatic carbocycles. The summed E-state index contributed by atoms with van der Waals surface area (Å²) in [6.45, 7) is 1.98. The average Bonchev–Trinajstić information content (AvgIpc) is 3.11. The van der Waals surface area contributed by atoms with Gasteiger partial charge in [0.1, 0.15) is 4.88 Å². The van der Waals surface area contributed by atoms with Gasteiger partial charge in [0.15, 0.2) is 0 Å². The van der Waals surface area contributed by atoms with Crippen molar-refractivity contribution < 1.29 is 19.1 Å². The van der Waals surface area contributed by atoms with Crippen LogP contribution in [0, 0.1) is 0 Å². The number of carbonyl (C=O) groups excluding carboxylic acids is 3. The van der Waals surface area contributed by atoms with Crippen molar-refractivity contribution >= 4 is 44.9 Å². The fourth-order valence-electron chi connectivity index (χ4n) is 2.65. The summed E-state index contributed by atoms with van der Waals surface area (Å²) in [5.41, 5.74) is 1.49. The van der Waals surface area contributed by atoms with Crippen LogP contribution in [0.2, 0.25) is 0 Å². The quantitative estimate of drug-likeness (QED) is 0.600. The number of benzene rings is 2. The number of thiophene rings is 1. The summed E-state index contributed by atoms with van der Waals surface area (Å²) < 4.78 is 5.94. The standard InChI is InChI=1S/C21H20N2O4S/c1-2-27-21(26)18-12-15-11-16(8-9-17(15)28-18)23-20(25)13-22-19(24)10-14-6-4-3-5-7-14/h3-9,11-12H,2,10,13H2,1H3,(H,22,24)(H,23,25). The number of anilines is 1. The predicted octanol–water partition coefficient (Wildman–Crippen LogP) is 3.38. The minimum absolute atomic E-state index is 0.110. The van der Waals surface area contributed by atoms with E-state index < -0.39 is 0 Å². The van der Waals surface area contributed by atoms with Crippen LogP contribution in [-0.2, 0) is 20.7 Å². The molecule has 6 nitrogen and oxygen atoms in total. The van der Waals surface area contributed by atoms with E-state index in [0.717, 1.165) is 15.6 Å². The molecule has 0 aliphatic carbocycles. The molecule has 2 amide bonds. The fourth-order valence-corrected chi connectivity index (χ4v) is 3.59. The van der Waals surface area contributed by atoms with E-state index in [1.54, 1.807) is 25.1 Å². The maximum atomic E-state index is 12.1. The number of esters is 1. The Hall–Kier alpha value is -3.19. The van der Waals surface area contributed by atoms with E-state index in [4.69, 9.17) is 4.74 Å². The van der Waals surface area contributed by atoms with Gasteiger partial charge in [0.05, 0.1) is 19.6 Å². The van der Waals surface area contributed by atoms with Crippen LogP contribution in [0.4, 0.5) is 5.69 Å². The van der Waals surface area contributed by atoms with Crippen LogP contribution < -0.4 is 10.6 Å². The molecule has 0 saturated carbocycles. The van der Waals surface area contributed by atoms with Crippen molar-refractivity contribution in [1.29, 1.82) is 0 Å². The first-order valence-electron chi connectivity index (χ1n) is 8.86. The molecule has 1 heterocycles. The lowest BCUT2D eigenvalue weighted by atomic mass is 10.1. The third-order valence-electron chi connectivity index (χ3n) is 3.93. The van der Waals surface area contributed by atoms with E-state index in [-0.39, 0.29) is 30.7 Å². The highest BCUT2D eigenvalue weighted by Gasteiger charge is 2.12. The summed E-state index contributed by atoms with van der Waals surface area (Å²) >= 11 is 1.34. The molecule has 0 spiro atoms. The third-order valence-corrected chi connectivity index (χ3v) is 5.03. The zero-order chi connectivity index (χ0) is 19.9. The third kappa shape index (κ3) is 5.17. The maximum absolute atomic E-state index is 12.1. The van der Waals surface area contributed by atoms with E-state index in [0.29, 0.717) is 17.2 Å². The number of nitrogens with one attached hydrogen (secondary N) is 2. The minimum Gasteiger partial charge on any atom is -0.462 e. The molecule has 0 unspecified atom stereocenters. The van der Waals surface area contributed by atoms with Crippen LogP contribution in [0.5, 0.6) is 0 Å². The molecule has 0 bridgehead atoms. The maximum Gasteiger partial charge on any atom is 0.348 e. The summed E-state index contributed by atoms with van der Waals surface area (Å²) in [4.78, 5) is 36.4. The monoisotopic (exact) mass is 396 g/mol. The van der Waals surface area contributed by atoms with E-state index in [9.17, 15) is 14.4 Å². The molecular formula is C21H20N2O4S. The van der Waals surface area contributed by atoms with Crippen LogP contribution in [0.15, 0.2) is 54.6 Å². The van der Waals surface area contributed by atoms with Gasteiger partial charge in [0, 0.05) is 10.4 Å². The van der Waals surface area contributed by atoms with Crippen molar-refractivity contribution in [3.63, 3.8) is 0 Å². The lowest BCUT2D eigenvalue weighted by Gasteiger charge is -2.07. The number of fused-ring (bicyclic) bond motifs is 1. The summed E-state index contributed by atoms with van der Waals surface area (Å²) in [7, 11) is 0. The second-order valence-corrected chi connectivity index (χ2v) is 7.15. The zero-order valence-electron chi connectivity index (χ0n) is 15.4. The fraction of sp³-hybridized carbons (Fsp3) is 0.190. The molecule has 3 rings (SSSR count). The summed E-state index contributed by atoms with van der Waals surface area (Å²) in [5.74, 6) is -0.884. The molecule has 1 aromatic heterocycles. The van der Waals surface area contributed by atoms with Crippen molar-refractivity contribution in [2.75, 3.05) is 18.5 Å². The molecule has 144 valence electrons. The Morgan fingerprint density at radius 3 is 2.54 bits per heavy atom. The van der Waals surface area contributed by atoms with Crippen molar-refractivity contribution in [3.8, 4) is 0 Å². The van der Waals surface area contributed by atoms with Gasteiger partial charge in [0.25, 0.3) is 0 Å². The highest BCUT2D eigenvalue weighted by atomic mass is 32.1. The van der Waals surface area contributed by atoms with Crippen molar-refractivity contribution in [2.24, 2.45) is 0 Å². The Kier molecular flexibility index (Phi) is 6.39. The molecule has 0 fully saturated rings. The van der Waals surface area contributed by atoms with Gasteiger partial charge in [-0.25, -0.2) is 4.79 Å². The molecule has 0 aliphatic heterocycles. The Morgan fingerprint density at radius 1 is 1.00 bits per heavy atom. The van der Waals surface area contributed by atoms with Crippen molar-refractivity contribution in [2.45, 2.75) is 13.3 Å². The van der Waals surface area contributed by atoms with Gasteiger partial charge in [-0.2, -0.15) is 0 Å². The Bertz CT molecular complexity index is 998. The second-order valence-electron chi connectivity index (χ2n) is 6.07. The largest absolute Gasteiger partial charge is 0.462 e. The number of amides is 2. The number of hydrogen-bond acceptors (Lipinski definition) is 5. The Balaban J connectivity index is 1.55. The van der Waals surface area contributed by atoms with Crippen LogP contribution in [0.25, 0.3) is 10.1 Å². The number of rotatable bonds is 7. The number of carbonyl (C=O) groups is 3. The van der Waals surface area contributed by atoms with Gasteiger partial charge >= 0.3 is 5.97 Å². The molecule has 0 atom stereocenters. The number of ether oxygens (including phenoxy) is 1. The van der Waals surface area contributed by atoms with Gasteiger partial charge in [-0.05, 0) is 42.1 Å². The molecule has 0 aliphatic rings. The summed E-state index contributed by atoms with van der Waals surface area (Å²) in [5, 5.41) is 6.21. The first kappa shape index (κ1) is 19.6. The van der Waals surface area contributed by atoms with Gasteiger partial charge < -0.3 is 15.4 Å². The number of hydrogen-bond donors (Lipinski definition) is 2. The van der Waals surface area contributed by atoms with Gasteiger partial charge in [-0.15, -0.1) is 11.3 Å². The summed E-state index contributed by atoms with van der Waals surface area (Å²) in [6.07, 6.45) is 0.228. The topological polar surface area (TPSA) is 84.5 Å². The lowest BCUT2D eigenvalue weighted by Crippen LogP contribution is -2.33. The normalized spacial score (nSPS) is 10.5. The summed E-state index contributed by atoms with van der Waals surface area (Å²) in [6, 6.07) is 16.5. The molecule has 28 heavy (non-hydrogen) atoms. The Morgan fingerprint density at radius 2 is 1.79 bits per heavy atom. The first-order chi connectivity index (χ1) is 13.5. The zero-order valence-corrected chi connectivity index (χ0v) is 16.2. The van der Waals surface area contributed by atoms with Gasteiger partial charge in [-0.3, -0.25) is 9.59 Å². The van der Waals surface area contributed by atoms with Gasteiger partial charge in [0.2, 0.25) is 11.8 Å². The molecule has 7 heteroatoms. The highest BCUT2D eigenvalue weighted by molar-refractivity contribution is 7.20. The van der Waals surface area contributed by atoms with Crippen LogP contribution in [-0.4, -0.2) is 30.9 Å². The van der Waals surface area contributed by atoms with Crippen molar-refractivity contribution in [3.05, 3.63) is 65.0 Å². The molecular weight excluding hydrogens is 376 g/mol. The van der Waals surface area contributed by atoms with Crippen LogP contribution >= 0.6 is 11.3 Å². The molecule has 2 N–H and O–H groups in total. The SMILES string of the molecule is CCOC(=O)c1cc2cc(NC(=O)CNC(=O)Cc3ccccc3)ccc2s1. The van der Waals surface area contributed by atoms with Gasteiger partial charge in [-0.1, -0.05) is 30.3 Å². The molecule has 0 radical (unpaired) electrons. The predicted molar refractivity (Wildman–Crippen MR) is 110 cm³/mol. The van der Waals surface area contributed by atoms with E-state index >= 15 is 0 Å². The smallest absolute Gasteiger partial charge is 0.348 e. The lowest BCUT2D eigenvalue weighted by molar-refractivity contribution is -0.123. The van der Waals surface area contributed by atoms with E-state index in [2.05, 4.69) is 10.6 Å². The average molecular weight is 396 g/mol. The second kappa shape index (κ2) is 9.14. The van der Waals surface area contributed by atoms with Crippen LogP contribution in [0.3, 0.4) is 0 Å². The van der Waals surface area contributed by atoms with E-state index in [1.807, 2.05) is 36.4 Å². The van der Waals surface area contributed by atoms with Crippen molar-refractivity contribution in [1.82, 2.24) is 5.32 Å². The highest BCUT2D eigenvalue weighted by Crippen LogP contribution is 2.28. The molecule has 3 aromatic rings. The van der Waals surface area contributed by atoms with Crippen LogP contribution in [0.1, 0.15) is 22.2 Å². The molecule has 0 saturated heterocycles.